The summed E-state index contributed by atoms with van der Waals surface area (Å²) >= 11 is 0. The normalized spacial score (nSPS) is 14.2. The van der Waals surface area contributed by atoms with Crippen LogP contribution in [0.15, 0.2) is 78.0 Å². The summed E-state index contributed by atoms with van der Waals surface area (Å²) in [5.41, 5.74) is 2.74. The number of alkyl halides is 2. The van der Waals surface area contributed by atoms with Crippen molar-refractivity contribution in [2.24, 2.45) is 4.99 Å². The van der Waals surface area contributed by atoms with E-state index >= 15 is 0 Å². The average molecular weight is 462 g/mol. The van der Waals surface area contributed by atoms with E-state index in [9.17, 15) is 13.6 Å². The Labute approximate surface area is 196 Å². The van der Waals surface area contributed by atoms with Crippen molar-refractivity contribution in [2.45, 2.75) is 31.6 Å². The van der Waals surface area contributed by atoms with Gasteiger partial charge in [-0.2, -0.15) is 0 Å². The van der Waals surface area contributed by atoms with Crippen molar-refractivity contribution in [3.05, 3.63) is 84.1 Å². The highest BCUT2D eigenvalue weighted by Crippen LogP contribution is 2.40. The number of halogens is 2. The number of nitrogens with one attached hydrogen (secondary N) is 1. The summed E-state index contributed by atoms with van der Waals surface area (Å²) in [6.45, 7) is 7.70. The molecule has 1 saturated carbocycles. The van der Waals surface area contributed by atoms with Gasteiger partial charge in [-0.1, -0.05) is 37.4 Å². The molecule has 3 aromatic rings. The van der Waals surface area contributed by atoms with Gasteiger partial charge in [0.1, 0.15) is 0 Å². The molecule has 2 aromatic heterocycles. The molecule has 0 spiro atoms. The van der Waals surface area contributed by atoms with Gasteiger partial charge in [-0.15, -0.1) is 0 Å². The number of nitrogens with zero attached hydrogens (tertiary/aromatic N) is 4. The standard InChI is InChI=1S/C26H25F2N5O/c1-4-29-13-5-6-17(2)33-15-21-14-30-25(31-16-26(3,27)28)32-23(21)22(24(33)34)20-11-9-19(10-12-20)18-7-8-18/h4-6,9-15,18H,1-2,7-8,16H2,3H3,(H,31,32)/b6-5-,29-13+. The summed E-state index contributed by atoms with van der Waals surface area (Å²) < 4.78 is 28.1. The molecular formula is C26H25F2N5O. The second kappa shape index (κ2) is 9.51. The van der Waals surface area contributed by atoms with E-state index in [-0.39, 0.29) is 11.5 Å². The van der Waals surface area contributed by atoms with Gasteiger partial charge >= 0.3 is 0 Å². The predicted molar refractivity (Wildman–Crippen MR) is 133 cm³/mol. The monoisotopic (exact) mass is 461 g/mol. The summed E-state index contributed by atoms with van der Waals surface area (Å²) in [7, 11) is 0. The smallest absolute Gasteiger partial charge is 0.265 e. The number of benzene rings is 1. The van der Waals surface area contributed by atoms with Gasteiger partial charge in [-0.05, 0) is 42.0 Å². The van der Waals surface area contributed by atoms with Gasteiger partial charge in [0.2, 0.25) is 5.95 Å². The van der Waals surface area contributed by atoms with Gasteiger partial charge in [-0.3, -0.25) is 14.4 Å². The van der Waals surface area contributed by atoms with Crippen molar-refractivity contribution >= 4 is 28.8 Å². The molecular weight excluding hydrogens is 436 g/mol. The maximum absolute atomic E-state index is 13.6. The highest BCUT2D eigenvalue weighted by atomic mass is 19.3. The third-order valence-corrected chi connectivity index (χ3v) is 5.44. The molecule has 0 saturated heterocycles. The van der Waals surface area contributed by atoms with Crippen LogP contribution < -0.4 is 10.9 Å². The zero-order valence-electron chi connectivity index (χ0n) is 18.8. The number of aromatic nitrogens is 3. The molecule has 1 aromatic carbocycles. The van der Waals surface area contributed by atoms with Crippen LogP contribution in [0.3, 0.4) is 0 Å². The topological polar surface area (TPSA) is 72.2 Å². The fourth-order valence-corrected chi connectivity index (χ4v) is 3.58. The lowest BCUT2D eigenvalue weighted by molar-refractivity contribution is 0.0366. The van der Waals surface area contributed by atoms with Crippen LogP contribution in [0.4, 0.5) is 14.7 Å². The summed E-state index contributed by atoms with van der Waals surface area (Å²) in [5, 5.41) is 3.13. The highest BCUT2D eigenvalue weighted by Gasteiger charge is 2.24. The van der Waals surface area contributed by atoms with Crippen LogP contribution in [-0.4, -0.2) is 33.2 Å². The van der Waals surface area contributed by atoms with Crippen LogP contribution >= 0.6 is 0 Å². The van der Waals surface area contributed by atoms with Crippen molar-refractivity contribution in [1.29, 1.82) is 0 Å². The number of allylic oxidation sites excluding steroid dienone is 3. The third kappa shape index (κ3) is 5.33. The van der Waals surface area contributed by atoms with Crippen LogP contribution in [-0.2, 0) is 0 Å². The van der Waals surface area contributed by atoms with Crippen LogP contribution in [0.25, 0.3) is 27.7 Å². The van der Waals surface area contributed by atoms with E-state index in [4.69, 9.17) is 0 Å². The predicted octanol–water partition coefficient (Wildman–Crippen LogP) is 5.64. The third-order valence-electron chi connectivity index (χ3n) is 5.44. The number of hydrogen-bond acceptors (Lipinski definition) is 5. The average Bonchev–Trinajstić information content (AvgIpc) is 3.65. The zero-order chi connectivity index (χ0) is 24.3. The van der Waals surface area contributed by atoms with Crippen molar-refractivity contribution in [1.82, 2.24) is 14.5 Å². The van der Waals surface area contributed by atoms with Gasteiger partial charge in [-0.25, -0.2) is 18.7 Å². The molecule has 0 radical (unpaired) electrons. The van der Waals surface area contributed by atoms with Gasteiger partial charge in [0.05, 0.1) is 17.6 Å². The molecule has 1 fully saturated rings. The van der Waals surface area contributed by atoms with E-state index in [1.165, 1.54) is 41.6 Å². The van der Waals surface area contributed by atoms with Gasteiger partial charge in [0.15, 0.2) is 0 Å². The molecule has 34 heavy (non-hydrogen) atoms. The highest BCUT2D eigenvalue weighted by molar-refractivity contribution is 5.93. The summed E-state index contributed by atoms with van der Waals surface area (Å²) in [5.74, 6) is -2.32. The first kappa shape index (κ1) is 23.2. The molecule has 2 heterocycles. The first-order chi connectivity index (χ1) is 16.3. The fourth-order valence-electron chi connectivity index (χ4n) is 3.58. The Kier molecular flexibility index (Phi) is 6.49. The molecule has 8 heteroatoms. The van der Waals surface area contributed by atoms with E-state index in [2.05, 4.69) is 33.4 Å². The largest absolute Gasteiger partial charge is 0.348 e. The number of anilines is 1. The molecule has 0 bridgehead atoms. The summed E-state index contributed by atoms with van der Waals surface area (Å²) in [4.78, 5) is 26.1. The first-order valence-electron chi connectivity index (χ1n) is 10.9. The number of aliphatic imine (C=N–C) groups is 1. The fraction of sp³-hybridized carbons (Fsp3) is 0.231. The summed E-state index contributed by atoms with van der Waals surface area (Å²) in [6.07, 6.45) is 11.7. The minimum Gasteiger partial charge on any atom is -0.348 e. The van der Waals surface area contributed by atoms with E-state index in [0.717, 1.165) is 6.92 Å². The summed E-state index contributed by atoms with van der Waals surface area (Å²) in [6, 6.07) is 7.85. The molecule has 0 atom stereocenters. The Morgan fingerprint density at radius 2 is 2.06 bits per heavy atom. The number of pyridine rings is 1. The molecule has 0 amide bonds. The van der Waals surface area contributed by atoms with E-state index in [1.54, 1.807) is 18.3 Å². The number of hydrogen-bond donors (Lipinski definition) is 1. The molecule has 174 valence electrons. The van der Waals surface area contributed by atoms with Crippen LogP contribution in [0, 0.1) is 0 Å². The van der Waals surface area contributed by atoms with Gasteiger partial charge in [0, 0.05) is 42.8 Å². The lowest BCUT2D eigenvalue weighted by Gasteiger charge is -2.14. The maximum atomic E-state index is 13.6. The van der Waals surface area contributed by atoms with Crippen LogP contribution in [0.2, 0.25) is 0 Å². The second-order valence-electron chi connectivity index (χ2n) is 8.33. The Bertz CT molecular complexity index is 1350. The number of rotatable bonds is 9. The number of fused-ring (bicyclic) bond motifs is 1. The quantitative estimate of drug-likeness (QED) is 0.330. The Balaban J connectivity index is 1.83. The van der Waals surface area contributed by atoms with Crippen molar-refractivity contribution in [3.8, 4) is 11.1 Å². The van der Waals surface area contributed by atoms with Crippen LogP contribution in [0.1, 0.15) is 31.2 Å². The van der Waals surface area contributed by atoms with Crippen molar-refractivity contribution < 1.29 is 8.78 Å². The Morgan fingerprint density at radius 1 is 1.32 bits per heavy atom. The Morgan fingerprint density at radius 3 is 2.71 bits per heavy atom. The lowest BCUT2D eigenvalue weighted by atomic mass is 10.0. The molecule has 1 aliphatic rings. The SMILES string of the molecule is C=C/N=C/C=C\C(=C)n1cc2cnc(NCC(C)(F)F)nc2c(-c2ccc(C3CC3)cc2)c1=O. The molecule has 1 N–H and O–H groups in total. The molecule has 1 aliphatic carbocycles. The Hall–Kier alpha value is -3.94. The van der Waals surface area contributed by atoms with E-state index in [0.29, 0.717) is 33.6 Å². The zero-order valence-corrected chi connectivity index (χ0v) is 18.8. The van der Waals surface area contributed by atoms with Gasteiger partial charge in [0.25, 0.3) is 11.5 Å². The van der Waals surface area contributed by atoms with E-state index < -0.39 is 12.5 Å². The van der Waals surface area contributed by atoms with Crippen LogP contribution in [0.5, 0.6) is 0 Å². The van der Waals surface area contributed by atoms with Gasteiger partial charge < -0.3 is 5.32 Å². The van der Waals surface area contributed by atoms with E-state index in [1.807, 2.05) is 24.3 Å². The second-order valence-corrected chi connectivity index (χ2v) is 8.33. The molecule has 0 aliphatic heterocycles. The lowest BCUT2D eigenvalue weighted by Crippen LogP contribution is -2.24. The molecule has 6 nitrogen and oxygen atoms in total. The van der Waals surface area contributed by atoms with Crippen molar-refractivity contribution in [2.75, 3.05) is 11.9 Å². The molecule has 4 rings (SSSR count). The first-order valence-corrected chi connectivity index (χ1v) is 10.9. The molecule has 0 unspecified atom stereocenters. The minimum atomic E-state index is -2.93. The minimum absolute atomic E-state index is 0.0291. The van der Waals surface area contributed by atoms with Crippen molar-refractivity contribution in [3.63, 3.8) is 0 Å². The maximum Gasteiger partial charge on any atom is 0.265 e.